The van der Waals surface area contributed by atoms with Gasteiger partial charge in [-0.05, 0) is 55.1 Å². The number of aromatic nitrogens is 1. The van der Waals surface area contributed by atoms with E-state index in [-0.39, 0.29) is 11.5 Å². The Morgan fingerprint density at radius 3 is 2.58 bits per heavy atom. The van der Waals surface area contributed by atoms with Crippen molar-refractivity contribution in [2.45, 2.75) is 58.9 Å². The van der Waals surface area contributed by atoms with E-state index in [1.165, 1.54) is 0 Å². The number of urea groups is 1. The highest BCUT2D eigenvalue weighted by Crippen LogP contribution is 2.39. The second-order valence-corrected chi connectivity index (χ2v) is 9.61. The first-order valence-corrected chi connectivity index (χ1v) is 10.9. The SMILES string of the molecule is CC(C)(C)[C@H]1CCc2nc3ccccc3c(C(=O)OCC(=O)NC(=O)NC3CC3)c2C1. The molecule has 2 aromatic rings. The summed E-state index contributed by atoms with van der Waals surface area (Å²) in [7, 11) is 0. The zero-order chi connectivity index (χ0) is 22.2. The molecule has 0 aliphatic heterocycles. The second-order valence-electron chi connectivity index (χ2n) is 9.61. The normalized spacial score (nSPS) is 18.2. The number of nitrogens with one attached hydrogen (secondary N) is 2. The molecule has 31 heavy (non-hydrogen) atoms. The van der Waals surface area contributed by atoms with Crippen LogP contribution >= 0.6 is 0 Å². The van der Waals surface area contributed by atoms with Gasteiger partial charge >= 0.3 is 12.0 Å². The molecule has 0 unspecified atom stereocenters. The van der Waals surface area contributed by atoms with Crippen LogP contribution in [0.25, 0.3) is 10.9 Å². The summed E-state index contributed by atoms with van der Waals surface area (Å²) in [6.07, 6.45) is 4.43. The van der Waals surface area contributed by atoms with Crippen molar-refractivity contribution in [3.63, 3.8) is 0 Å². The van der Waals surface area contributed by atoms with E-state index >= 15 is 0 Å². The Morgan fingerprint density at radius 2 is 1.87 bits per heavy atom. The van der Waals surface area contributed by atoms with Gasteiger partial charge in [0, 0.05) is 17.1 Å². The number of carbonyl (C=O) groups excluding carboxylic acids is 3. The fourth-order valence-electron chi connectivity index (χ4n) is 4.18. The standard InChI is InChI=1S/C24H29N3O4/c1-24(2,3)14-8-11-19-17(12-14)21(16-6-4-5-7-18(16)26-19)22(29)31-13-20(28)27-23(30)25-15-9-10-15/h4-7,14-15H,8-13H2,1-3H3,(H2,25,27,28,30)/t14-/m0/s1. The average Bonchev–Trinajstić information content (AvgIpc) is 3.52. The van der Waals surface area contributed by atoms with Gasteiger partial charge in [0.15, 0.2) is 6.61 Å². The van der Waals surface area contributed by atoms with Gasteiger partial charge in [-0.1, -0.05) is 39.0 Å². The Bertz CT molecular complexity index is 1040. The smallest absolute Gasteiger partial charge is 0.339 e. The monoisotopic (exact) mass is 423 g/mol. The Labute approximate surface area is 181 Å². The number of aryl methyl sites for hydroxylation is 1. The van der Waals surface area contributed by atoms with E-state index in [1.54, 1.807) is 0 Å². The predicted octanol–water partition coefficient (Wildman–Crippen LogP) is 3.53. The van der Waals surface area contributed by atoms with Crippen molar-refractivity contribution in [1.29, 1.82) is 0 Å². The molecule has 164 valence electrons. The molecule has 1 aromatic heterocycles. The molecule has 0 radical (unpaired) electrons. The predicted molar refractivity (Wildman–Crippen MR) is 117 cm³/mol. The molecule has 2 N–H and O–H groups in total. The topological polar surface area (TPSA) is 97.4 Å². The number of ether oxygens (including phenoxy) is 1. The number of nitrogens with zero attached hydrogens (tertiary/aromatic N) is 1. The van der Waals surface area contributed by atoms with Crippen molar-refractivity contribution in [3.8, 4) is 0 Å². The number of pyridine rings is 1. The summed E-state index contributed by atoms with van der Waals surface area (Å²) < 4.78 is 5.35. The van der Waals surface area contributed by atoms with Crippen LogP contribution in [-0.2, 0) is 22.4 Å². The second kappa shape index (κ2) is 8.29. The number of amides is 3. The fraction of sp³-hybridized carbons (Fsp3) is 0.500. The van der Waals surface area contributed by atoms with Crippen LogP contribution in [0.2, 0.25) is 0 Å². The number of hydrogen-bond acceptors (Lipinski definition) is 5. The minimum absolute atomic E-state index is 0.110. The van der Waals surface area contributed by atoms with Crippen molar-refractivity contribution in [1.82, 2.24) is 15.6 Å². The summed E-state index contributed by atoms with van der Waals surface area (Å²) in [5, 5.41) is 5.60. The fourth-order valence-corrected chi connectivity index (χ4v) is 4.18. The summed E-state index contributed by atoms with van der Waals surface area (Å²) in [5.41, 5.74) is 3.20. The number of benzene rings is 1. The van der Waals surface area contributed by atoms with Crippen LogP contribution in [0.15, 0.2) is 24.3 Å². The lowest BCUT2D eigenvalue weighted by Crippen LogP contribution is -2.42. The molecule has 0 saturated heterocycles. The molecule has 1 heterocycles. The minimum Gasteiger partial charge on any atom is -0.452 e. The molecule has 1 aromatic carbocycles. The Balaban J connectivity index is 1.56. The molecule has 3 amide bonds. The van der Waals surface area contributed by atoms with E-state index in [0.29, 0.717) is 11.5 Å². The quantitative estimate of drug-likeness (QED) is 0.733. The summed E-state index contributed by atoms with van der Waals surface area (Å²) in [6, 6.07) is 7.10. The summed E-state index contributed by atoms with van der Waals surface area (Å²) in [4.78, 5) is 41.7. The highest BCUT2D eigenvalue weighted by molar-refractivity contribution is 6.06. The maximum absolute atomic E-state index is 13.1. The lowest BCUT2D eigenvalue weighted by atomic mass is 9.70. The van der Waals surface area contributed by atoms with Crippen molar-refractivity contribution >= 4 is 28.8 Å². The third kappa shape index (κ3) is 4.86. The third-order valence-corrected chi connectivity index (χ3v) is 6.19. The summed E-state index contributed by atoms with van der Waals surface area (Å²) >= 11 is 0. The Hall–Kier alpha value is -2.96. The van der Waals surface area contributed by atoms with Crippen LogP contribution in [0.3, 0.4) is 0 Å². The van der Waals surface area contributed by atoms with Crippen LogP contribution in [-0.4, -0.2) is 35.5 Å². The highest BCUT2D eigenvalue weighted by atomic mass is 16.5. The van der Waals surface area contributed by atoms with Crippen LogP contribution in [0.5, 0.6) is 0 Å². The van der Waals surface area contributed by atoms with Crippen LogP contribution in [0.1, 0.15) is 61.6 Å². The molecule has 1 fully saturated rings. The zero-order valence-corrected chi connectivity index (χ0v) is 18.3. The van der Waals surface area contributed by atoms with Crippen LogP contribution < -0.4 is 10.6 Å². The molecule has 7 heteroatoms. The van der Waals surface area contributed by atoms with E-state index in [4.69, 9.17) is 9.72 Å². The number of rotatable bonds is 4. The molecule has 2 aliphatic carbocycles. The number of imide groups is 1. The van der Waals surface area contributed by atoms with Gasteiger partial charge in [-0.3, -0.25) is 15.1 Å². The van der Waals surface area contributed by atoms with Gasteiger partial charge in [-0.15, -0.1) is 0 Å². The molecular formula is C24H29N3O4. The molecule has 0 spiro atoms. The third-order valence-electron chi connectivity index (χ3n) is 6.19. The van der Waals surface area contributed by atoms with Gasteiger partial charge in [0.2, 0.25) is 0 Å². The minimum atomic E-state index is -0.647. The van der Waals surface area contributed by atoms with Gasteiger partial charge < -0.3 is 10.1 Å². The first kappa shape index (κ1) is 21.3. The van der Waals surface area contributed by atoms with Crippen LogP contribution in [0, 0.1) is 11.3 Å². The molecular weight excluding hydrogens is 394 g/mol. The van der Waals surface area contributed by atoms with Crippen molar-refractivity contribution in [2.24, 2.45) is 11.3 Å². The van der Waals surface area contributed by atoms with Crippen LogP contribution in [0.4, 0.5) is 4.79 Å². The number of esters is 1. The summed E-state index contributed by atoms with van der Waals surface area (Å²) in [6.45, 7) is 6.13. The maximum atomic E-state index is 13.1. The molecule has 4 rings (SSSR count). The first-order chi connectivity index (χ1) is 14.7. The molecule has 0 bridgehead atoms. The Morgan fingerprint density at radius 1 is 1.13 bits per heavy atom. The van der Waals surface area contributed by atoms with Crippen molar-refractivity contribution in [2.75, 3.05) is 6.61 Å². The lowest BCUT2D eigenvalue weighted by Gasteiger charge is -2.35. The van der Waals surface area contributed by atoms with Gasteiger partial charge in [0.25, 0.3) is 5.91 Å². The van der Waals surface area contributed by atoms with Crippen molar-refractivity contribution < 1.29 is 19.1 Å². The largest absolute Gasteiger partial charge is 0.452 e. The van der Waals surface area contributed by atoms with Crippen molar-refractivity contribution in [3.05, 3.63) is 41.1 Å². The van der Waals surface area contributed by atoms with E-state index < -0.39 is 24.5 Å². The molecule has 1 saturated carbocycles. The number of para-hydroxylation sites is 1. The summed E-state index contributed by atoms with van der Waals surface area (Å²) in [5.74, 6) is -0.780. The molecule has 1 atom stereocenters. The Kier molecular flexibility index (Phi) is 5.69. The van der Waals surface area contributed by atoms with E-state index in [1.807, 2.05) is 24.3 Å². The van der Waals surface area contributed by atoms with E-state index in [9.17, 15) is 14.4 Å². The zero-order valence-electron chi connectivity index (χ0n) is 18.3. The highest BCUT2D eigenvalue weighted by Gasteiger charge is 2.33. The number of fused-ring (bicyclic) bond motifs is 2. The molecule has 2 aliphatic rings. The van der Waals surface area contributed by atoms with E-state index in [0.717, 1.165) is 54.3 Å². The van der Waals surface area contributed by atoms with Gasteiger partial charge in [-0.25, -0.2) is 9.59 Å². The van der Waals surface area contributed by atoms with Gasteiger partial charge in [0.1, 0.15) is 0 Å². The van der Waals surface area contributed by atoms with E-state index in [2.05, 4.69) is 31.4 Å². The average molecular weight is 424 g/mol. The lowest BCUT2D eigenvalue weighted by molar-refractivity contribution is -0.123. The van der Waals surface area contributed by atoms with Gasteiger partial charge in [0.05, 0.1) is 11.1 Å². The maximum Gasteiger partial charge on any atom is 0.339 e. The number of carbonyl (C=O) groups is 3. The first-order valence-electron chi connectivity index (χ1n) is 10.9. The van der Waals surface area contributed by atoms with Gasteiger partial charge in [-0.2, -0.15) is 0 Å². The number of hydrogen-bond donors (Lipinski definition) is 2. The molecule has 7 nitrogen and oxygen atoms in total.